The van der Waals surface area contributed by atoms with Crippen LogP contribution in [0.25, 0.3) is 11.0 Å². The lowest BCUT2D eigenvalue weighted by Crippen LogP contribution is -2.16. The molecule has 6 heteroatoms. The van der Waals surface area contributed by atoms with Crippen LogP contribution < -0.4 is 10.9 Å². The Kier molecular flexibility index (Phi) is 3.12. The fourth-order valence-corrected chi connectivity index (χ4v) is 1.75. The molecule has 3 aromatic heterocycles. The Balaban J connectivity index is 1.85. The molecule has 0 atom stereocenters. The Morgan fingerprint density at radius 1 is 1.10 bits per heavy atom. The molecule has 3 heterocycles. The molecule has 5 nitrogen and oxygen atoms in total. The molecule has 3 aromatic rings. The largest absolute Gasteiger partial charge is 0.306 e. The molecule has 0 bridgehead atoms. The highest BCUT2D eigenvalue weighted by Gasteiger charge is 2.07. The monoisotopic (exact) mass is 260 g/mol. The number of carbonyl (C=O) groups excluding carboxylic acids is 1. The minimum absolute atomic E-state index is 0.291. The Morgan fingerprint density at radius 2 is 2.00 bits per heavy atom. The highest BCUT2D eigenvalue weighted by atomic mass is 16.1. The van der Waals surface area contributed by atoms with Gasteiger partial charge in [0, 0.05) is 17.8 Å². The van der Waals surface area contributed by atoms with Gasteiger partial charge in [-0.2, -0.15) is 0 Å². The fraction of sp³-hybridized carbons (Fsp3) is 0. The van der Waals surface area contributed by atoms with E-state index in [4.69, 9.17) is 7.85 Å². The molecule has 0 aromatic carbocycles. The van der Waals surface area contributed by atoms with Gasteiger partial charge in [0.25, 0.3) is 5.91 Å². The van der Waals surface area contributed by atoms with Gasteiger partial charge in [0.1, 0.15) is 13.7 Å². The number of nitrogens with one attached hydrogen (secondary N) is 1. The Hall–Kier alpha value is -2.76. The summed E-state index contributed by atoms with van der Waals surface area (Å²) in [5.74, 6) is 0.151. The number of amides is 1. The molecule has 0 unspecified atom stereocenters. The van der Waals surface area contributed by atoms with Crippen molar-refractivity contribution in [3.63, 3.8) is 0 Å². The van der Waals surface area contributed by atoms with E-state index in [2.05, 4.69) is 20.3 Å². The Morgan fingerprint density at radius 3 is 2.80 bits per heavy atom. The van der Waals surface area contributed by atoms with Gasteiger partial charge in [-0.3, -0.25) is 9.78 Å². The van der Waals surface area contributed by atoms with Crippen molar-refractivity contribution < 1.29 is 4.79 Å². The average molecular weight is 260 g/mol. The summed E-state index contributed by atoms with van der Waals surface area (Å²) in [4.78, 5) is 24.3. The maximum Gasteiger partial charge on any atom is 0.258 e. The second-order valence-corrected chi connectivity index (χ2v) is 4.17. The van der Waals surface area contributed by atoms with E-state index in [1.165, 1.54) is 6.20 Å². The molecule has 3 rings (SSSR count). The summed E-state index contributed by atoms with van der Waals surface area (Å²) in [7, 11) is 5.48. The van der Waals surface area contributed by atoms with Gasteiger partial charge in [0.15, 0.2) is 5.65 Å². The molecular formula is C14H9BN4O. The van der Waals surface area contributed by atoms with Crippen LogP contribution in [0.4, 0.5) is 5.82 Å². The zero-order valence-electron chi connectivity index (χ0n) is 10.4. The molecular weight excluding hydrogens is 251 g/mol. The second kappa shape index (κ2) is 5.09. The zero-order chi connectivity index (χ0) is 13.9. The van der Waals surface area contributed by atoms with Gasteiger partial charge in [0.05, 0.1) is 5.56 Å². The predicted octanol–water partition coefficient (Wildman–Crippen LogP) is 1.07. The first-order chi connectivity index (χ1) is 9.72. The van der Waals surface area contributed by atoms with E-state index in [9.17, 15) is 4.79 Å². The van der Waals surface area contributed by atoms with Crippen molar-refractivity contribution in [3.05, 3.63) is 54.4 Å². The van der Waals surface area contributed by atoms with Gasteiger partial charge in [-0.15, -0.1) is 0 Å². The van der Waals surface area contributed by atoms with Crippen LogP contribution in [0, 0.1) is 0 Å². The number of aromatic nitrogens is 3. The number of anilines is 1. The third-order valence-electron chi connectivity index (χ3n) is 2.75. The molecule has 0 aliphatic carbocycles. The van der Waals surface area contributed by atoms with Crippen molar-refractivity contribution in [3.8, 4) is 0 Å². The molecule has 0 saturated heterocycles. The number of rotatable bonds is 2. The van der Waals surface area contributed by atoms with Gasteiger partial charge >= 0.3 is 0 Å². The van der Waals surface area contributed by atoms with Crippen molar-refractivity contribution in [2.45, 2.75) is 0 Å². The number of fused-ring (bicyclic) bond motifs is 1. The molecule has 2 radical (unpaired) electrons. The number of carbonyl (C=O) groups is 1. The van der Waals surface area contributed by atoms with E-state index < -0.39 is 0 Å². The van der Waals surface area contributed by atoms with Crippen molar-refractivity contribution in [2.24, 2.45) is 0 Å². The molecule has 94 valence electrons. The Bertz CT molecular complexity index is 773. The summed E-state index contributed by atoms with van der Waals surface area (Å²) in [5.41, 5.74) is 1.37. The molecule has 0 saturated carbocycles. The van der Waals surface area contributed by atoms with E-state index in [0.717, 1.165) is 5.39 Å². The standard InChI is InChI=1S/C14H9BN4O/c15-11-5-3-10(8-17-11)14(20)19-12-6-4-9-2-1-7-16-13(9)18-12/h1-8H,(H,16,18,19,20). The van der Waals surface area contributed by atoms with E-state index >= 15 is 0 Å². The zero-order valence-corrected chi connectivity index (χ0v) is 10.4. The first-order valence-electron chi connectivity index (χ1n) is 5.97. The summed E-state index contributed by atoms with van der Waals surface area (Å²) in [5, 5.41) is 3.62. The first kappa shape index (κ1) is 12.3. The van der Waals surface area contributed by atoms with Gasteiger partial charge in [-0.1, -0.05) is 6.07 Å². The van der Waals surface area contributed by atoms with Crippen molar-refractivity contribution in [2.75, 3.05) is 5.32 Å². The summed E-state index contributed by atoms with van der Waals surface area (Å²) in [6.07, 6.45) is 3.08. The van der Waals surface area contributed by atoms with Crippen LogP contribution in [0.2, 0.25) is 0 Å². The second-order valence-electron chi connectivity index (χ2n) is 4.17. The van der Waals surface area contributed by atoms with E-state index in [-0.39, 0.29) is 5.91 Å². The maximum atomic E-state index is 12.0. The topological polar surface area (TPSA) is 67.8 Å². The number of pyridine rings is 3. The quantitative estimate of drug-likeness (QED) is 0.700. The molecule has 0 fully saturated rings. The molecule has 0 aliphatic rings. The van der Waals surface area contributed by atoms with Crippen molar-refractivity contribution in [1.82, 2.24) is 15.0 Å². The predicted molar refractivity (Wildman–Crippen MR) is 77.1 cm³/mol. The highest BCUT2D eigenvalue weighted by Crippen LogP contribution is 2.13. The summed E-state index contributed by atoms with van der Waals surface area (Å²) >= 11 is 0. The van der Waals surface area contributed by atoms with Crippen LogP contribution in [0.5, 0.6) is 0 Å². The average Bonchev–Trinajstić information content (AvgIpc) is 2.48. The highest BCUT2D eigenvalue weighted by molar-refractivity contribution is 6.30. The number of nitrogens with zero attached hydrogens (tertiary/aromatic N) is 3. The lowest BCUT2D eigenvalue weighted by atomic mass is 10.0. The fourth-order valence-electron chi connectivity index (χ4n) is 1.75. The van der Waals surface area contributed by atoms with Crippen LogP contribution in [0.1, 0.15) is 10.4 Å². The van der Waals surface area contributed by atoms with E-state index in [1.54, 1.807) is 24.4 Å². The van der Waals surface area contributed by atoms with Gasteiger partial charge in [-0.05, 0) is 35.9 Å². The first-order valence-corrected chi connectivity index (χ1v) is 5.97. The number of hydrogen-bond donors (Lipinski definition) is 1. The Labute approximate surface area is 116 Å². The number of hydrogen-bond acceptors (Lipinski definition) is 4. The molecule has 1 N–H and O–H groups in total. The van der Waals surface area contributed by atoms with Gasteiger partial charge in [0.2, 0.25) is 0 Å². The van der Waals surface area contributed by atoms with E-state index in [0.29, 0.717) is 22.6 Å². The van der Waals surface area contributed by atoms with Crippen LogP contribution >= 0.6 is 0 Å². The lowest BCUT2D eigenvalue weighted by molar-refractivity contribution is 0.102. The molecule has 0 aliphatic heterocycles. The van der Waals surface area contributed by atoms with E-state index in [1.807, 2.05) is 18.2 Å². The third kappa shape index (κ3) is 2.49. The lowest BCUT2D eigenvalue weighted by Gasteiger charge is -2.05. The van der Waals surface area contributed by atoms with Gasteiger partial charge in [-0.25, -0.2) is 9.97 Å². The molecule has 20 heavy (non-hydrogen) atoms. The molecule has 1 amide bonds. The van der Waals surface area contributed by atoms with Crippen LogP contribution in [0.3, 0.4) is 0 Å². The minimum Gasteiger partial charge on any atom is -0.306 e. The SMILES string of the molecule is [B]c1ccc(C(=O)Nc2ccc3cccnc3n2)cn1. The summed E-state index contributed by atoms with van der Waals surface area (Å²) in [6.45, 7) is 0. The van der Waals surface area contributed by atoms with Crippen LogP contribution in [-0.2, 0) is 0 Å². The van der Waals surface area contributed by atoms with Crippen molar-refractivity contribution >= 4 is 36.2 Å². The summed E-state index contributed by atoms with van der Waals surface area (Å²) in [6, 6.07) is 10.5. The minimum atomic E-state index is -0.291. The smallest absolute Gasteiger partial charge is 0.258 e. The van der Waals surface area contributed by atoms with Crippen LogP contribution in [-0.4, -0.2) is 28.7 Å². The van der Waals surface area contributed by atoms with Gasteiger partial charge < -0.3 is 5.32 Å². The summed E-state index contributed by atoms with van der Waals surface area (Å²) < 4.78 is 0. The van der Waals surface area contributed by atoms with Crippen molar-refractivity contribution in [1.29, 1.82) is 0 Å². The molecule has 0 spiro atoms. The normalized spacial score (nSPS) is 10.4. The van der Waals surface area contributed by atoms with Crippen LogP contribution in [0.15, 0.2) is 48.8 Å². The third-order valence-corrected chi connectivity index (χ3v) is 2.75. The maximum absolute atomic E-state index is 12.0.